The van der Waals surface area contributed by atoms with Gasteiger partial charge < -0.3 is 14.7 Å². The molecule has 2 aromatic carbocycles. The van der Waals surface area contributed by atoms with Crippen LogP contribution in [0.3, 0.4) is 0 Å². The van der Waals surface area contributed by atoms with Crippen molar-refractivity contribution in [3.8, 4) is 5.75 Å². The van der Waals surface area contributed by atoms with E-state index in [0.29, 0.717) is 10.6 Å². The molecular weight excluding hydrogens is 380 g/mol. The molecule has 0 aromatic heterocycles. The van der Waals surface area contributed by atoms with Crippen molar-refractivity contribution >= 4 is 45.1 Å². The lowest BCUT2D eigenvalue weighted by Crippen LogP contribution is -2.36. The highest BCUT2D eigenvalue weighted by atomic mass is 79.9. The third kappa shape index (κ3) is 3.86. The summed E-state index contributed by atoms with van der Waals surface area (Å²) in [5.74, 6) is 0.0301. The van der Waals surface area contributed by atoms with Crippen molar-refractivity contribution in [2.75, 3.05) is 31.2 Å². The minimum atomic E-state index is 0.0301. The predicted octanol–water partition coefficient (Wildman–Crippen LogP) is 4.40. The maximum atomic E-state index is 10.0. The third-order valence-electron chi connectivity index (χ3n) is 3.63. The second-order valence-electron chi connectivity index (χ2n) is 5.17. The van der Waals surface area contributed by atoms with Gasteiger partial charge in [-0.15, -0.1) is 0 Å². The molecule has 0 aliphatic carbocycles. The Morgan fingerprint density at radius 2 is 1.96 bits per heavy atom. The Labute approximate surface area is 148 Å². The van der Waals surface area contributed by atoms with Gasteiger partial charge in [-0.1, -0.05) is 39.7 Å². The Hall–Kier alpha value is -1.56. The minimum absolute atomic E-state index is 0.0301. The van der Waals surface area contributed by atoms with Crippen LogP contribution in [0.2, 0.25) is 5.02 Å². The van der Waals surface area contributed by atoms with E-state index in [9.17, 15) is 5.11 Å². The van der Waals surface area contributed by atoms with Gasteiger partial charge in [0.25, 0.3) is 0 Å². The van der Waals surface area contributed by atoms with E-state index < -0.39 is 0 Å². The number of para-hydroxylation sites is 2. The highest BCUT2D eigenvalue weighted by Gasteiger charge is 2.14. The second kappa shape index (κ2) is 7.34. The molecule has 6 heteroatoms. The highest BCUT2D eigenvalue weighted by Crippen LogP contribution is 2.32. The van der Waals surface area contributed by atoms with Crippen LogP contribution < -0.4 is 4.90 Å². The molecule has 0 amide bonds. The number of halogens is 2. The van der Waals surface area contributed by atoms with E-state index in [-0.39, 0.29) is 5.75 Å². The molecule has 0 bridgehead atoms. The van der Waals surface area contributed by atoms with Gasteiger partial charge in [-0.3, -0.25) is 4.99 Å². The smallest absolute Gasteiger partial charge is 0.143 e. The minimum Gasteiger partial charge on any atom is -0.506 e. The summed E-state index contributed by atoms with van der Waals surface area (Å²) in [6, 6.07) is 11.4. The maximum Gasteiger partial charge on any atom is 0.143 e. The number of aromatic hydroxyl groups is 1. The average molecular weight is 396 g/mol. The number of phenols is 1. The molecule has 0 saturated carbocycles. The van der Waals surface area contributed by atoms with Crippen LogP contribution in [0.5, 0.6) is 5.75 Å². The number of aliphatic imine (C=N–C) groups is 1. The zero-order valence-corrected chi connectivity index (χ0v) is 14.7. The van der Waals surface area contributed by atoms with E-state index in [1.165, 1.54) is 0 Å². The Morgan fingerprint density at radius 3 is 2.74 bits per heavy atom. The van der Waals surface area contributed by atoms with Gasteiger partial charge in [0.1, 0.15) is 5.75 Å². The summed E-state index contributed by atoms with van der Waals surface area (Å²) in [4.78, 5) is 6.80. The molecule has 2 aromatic rings. The van der Waals surface area contributed by atoms with Crippen molar-refractivity contribution in [3.05, 3.63) is 51.5 Å². The first kappa shape index (κ1) is 16.3. The molecule has 1 aliphatic heterocycles. The number of nitrogens with zero attached hydrogens (tertiary/aromatic N) is 2. The molecule has 4 nitrogen and oxygen atoms in total. The highest BCUT2D eigenvalue weighted by molar-refractivity contribution is 9.10. The Morgan fingerprint density at radius 1 is 1.22 bits per heavy atom. The van der Waals surface area contributed by atoms with Crippen LogP contribution in [0.15, 0.2) is 45.9 Å². The first-order chi connectivity index (χ1) is 11.1. The number of morpholine rings is 1. The molecule has 1 aliphatic rings. The van der Waals surface area contributed by atoms with Gasteiger partial charge in [0, 0.05) is 29.3 Å². The molecule has 0 radical (unpaired) electrons. The number of phenolic OH excluding ortho intramolecular Hbond substituents is 1. The van der Waals surface area contributed by atoms with Crippen LogP contribution in [0.4, 0.5) is 11.4 Å². The summed E-state index contributed by atoms with van der Waals surface area (Å²) >= 11 is 9.36. The van der Waals surface area contributed by atoms with Crippen molar-refractivity contribution in [1.29, 1.82) is 0 Å². The van der Waals surface area contributed by atoms with Gasteiger partial charge in [0.15, 0.2) is 0 Å². The van der Waals surface area contributed by atoms with Crippen molar-refractivity contribution in [2.24, 2.45) is 4.99 Å². The predicted molar refractivity (Wildman–Crippen MR) is 97.5 cm³/mol. The maximum absolute atomic E-state index is 10.0. The molecule has 0 spiro atoms. The van der Waals surface area contributed by atoms with Crippen molar-refractivity contribution in [3.63, 3.8) is 0 Å². The first-order valence-electron chi connectivity index (χ1n) is 7.29. The monoisotopic (exact) mass is 394 g/mol. The molecule has 1 saturated heterocycles. The molecule has 0 atom stereocenters. The van der Waals surface area contributed by atoms with Gasteiger partial charge in [0.2, 0.25) is 0 Å². The number of hydrogen-bond donors (Lipinski definition) is 1. The molecule has 120 valence electrons. The van der Waals surface area contributed by atoms with Crippen LogP contribution in [0.25, 0.3) is 0 Å². The molecule has 1 N–H and O–H groups in total. The normalized spacial score (nSPS) is 15.3. The summed E-state index contributed by atoms with van der Waals surface area (Å²) in [5, 5.41) is 10.3. The average Bonchev–Trinajstić information content (AvgIpc) is 2.58. The molecule has 0 unspecified atom stereocenters. The van der Waals surface area contributed by atoms with E-state index in [1.54, 1.807) is 18.3 Å². The lowest BCUT2D eigenvalue weighted by atomic mass is 10.2. The largest absolute Gasteiger partial charge is 0.506 e. The van der Waals surface area contributed by atoms with Crippen LogP contribution in [0, 0.1) is 0 Å². The van der Waals surface area contributed by atoms with E-state index in [1.807, 2.05) is 24.3 Å². The lowest BCUT2D eigenvalue weighted by Gasteiger charge is -2.29. The van der Waals surface area contributed by atoms with E-state index >= 15 is 0 Å². The zero-order valence-electron chi connectivity index (χ0n) is 12.4. The molecule has 23 heavy (non-hydrogen) atoms. The van der Waals surface area contributed by atoms with Crippen molar-refractivity contribution < 1.29 is 9.84 Å². The van der Waals surface area contributed by atoms with Crippen molar-refractivity contribution in [1.82, 2.24) is 0 Å². The van der Waals surface area contributed by atoms with Crippen LogP contribution >= 0.6 is 27.5 Å². The van der Waals surface area contributed by atoms with E-state index in [2.05, 4.69) is 25.8 Å². The van der Waals surface area contributed by atoms with Crippen LogP contribution in [-0.4, -0.2) is 37.6 Å². The third-order valence-corrected chi connectivity index (χ3v) is 4.38. The summed E-state index contributed by atoms with van der Waals surface area (Å²) in [6.07, 6.45) is 1.63. The van der Waals surface area contributed by atoms with Gasteiger partial charge in [0.05, 0.1) is 29.6 Å². The van der Waals surface area contributed by atoms with Gasteiger partial charge in [-0.25, -0.2) is 0 Å². The fraction of sp³-hybridized carbons (Fsp3) is 0.235. The Bertz CT molecular complexity index is 731. The van der Waals surface area contributed by atoms with E-state index in [4.69, 9.17) is 16.3 Å². The molecule has 3 rings (SSSR count). The Kier molecular flexibility index (Phi) is 5.20. The topological polar surface area (TPSA) is 45.1 Å². The van der Waals surface area contributed by atoms with Gasteiger partial charge in [-0.05, 0) is 24.3 Å². The summed E-state index contributed by atoms with van der Waals surface area (Å²) in [7, 11) is 0. The number of anilines is 1. The number of ether oxygens (including phenoxy) is 1. The van der Waals surface area contributed by atoms with Gasteiger partial charge in [-0.2, -0.15) is 0 Å². The molecule has 1 fully saturated rings. The first-order valence-corrected chi connectivity index (χ1v) is 8.46. The summed E-state index contributed by atoms with van der Waals surface area (Å²) in [6.45, 7) is 3.14. The number of rotatable bonds is 3. The fourth-order valence-electron chi connectivity index (χ4n) is 2.47. The van der Waals surface area contributed by atoms with Crippen molar-refractivity contribution in [2.45, 2.75) is 0 Å². The van der Waals surface area contributed by atoms with E-state index in [0.717, 1.165) is 42.2 Å². The summed E-state index contributed by atoms with van der Waals surface area (Å²) in [5.41, 5.74) is 2.48. The SMILES string of the molecule is Oc1c(Cl)cc(Br)cc1C=Nc1ccccc1N1CCOCC1. The zero-order chi connectivity index (χ0) is 16.2. The lowest BCUT2D eigenvalue weighted by molar-refractivity contribution is 0.123. The standard InChI is InChI=1S/C17H16BrClN2O2/c18-13-9-12(17(22)14(19)10-13)11-20-15-3-1-2-4-16(15)21-5-7-23-8-6-21/h1-4,9-11,22H,5-8H2. The summed E-state index contributed by atoms with van der Waals surface area (Å²) < 4.78 is 6.19. The Balaban J connectivity index is 1.91. The molecule has 1 heterocycles. The number of hydrogen-bond acceptors (Lipinski definition) is 4. The van der Waals surface area contributed by atoms with Crippen LogP contribution in [-0.2, 0) is 4.74 Å². The fourth-order valence-corrected chi connectivity index (χ4v) is 3.30. The van der Waals surface area contributed by atoms with Gasteiger partial charge >= 0.3 is 0 Å². The number of benzene rings is 2. The second-order valence-corrected chi connectivity index (χ2v) is 6.49. The molecular formula is C17H16BrClN2O2. The quantitative estimate of drug-likeness (QED) is 0.784. The van der Waals surface area contributed by atoms with Crippen LogP contribution in [0.1, 0.15) is 5.56 Å².